The zero-order valence-corrected chi connectivity index (χ0v) is 12.8. The largest absolute Gasteiger partial charge is 0.496 e. The van der Waals surface area contributed by atoms with E-state index in [9.17, 15) is 0 Å². The SMILES string of the molecule is CNC(c1ccc(OC)c2ccccc12)C1C2CCCC21. The Morgan fingerprint density at radius 1 is 1.05 bits per heavy atom. The van der Waals surface area contributed by atoms with Gasteiger partial charge in [0.2, 0.25) is 0 Å². The van der Waals surface area contributed by atoms with Gasteiger partial charge in [-0.3, -0.25) is 0 Å². The molecule has 0 bridgehead atoms. The van der Waals surface area contributed by atoms with Crippen molar-refractivity contribution >= 4 is 10.8 Å². The van der Waals surface area contributed by atoms with Crippen molar-refractivity contribution in [2.24, 2.45) is 17.8 Å². The zero-order chi connectivity index (χ0) is 14.4. The molecule has 0 aromatic heterocycles. The number of hydrogen-bond donors (Lipinski definition) is 1. The molecule has 4 rings (SSSR count). The molecule has 3 atom stereocenters. The number of nitrogens with one attached hydrogen (secondary N) is 1. The molecule has 2 heteroatoms. The minimum atomic E-state index is 0.483. The maximum Gasteiger partial charge on any atom is 0.126 e. The fourth-order valence-electron chi connectivity index (χ4n) is 4.67. The Labute approximate surface area is 126 Å². The minimum Gasteiger partial charge on any atom is -0.496 e. The summed E-state index contributed by atoms with van der Waals surface area (Å²) in [5.74, 6) is 3.73. The van der Waals surface area contributed by atoms with Crippen LogP contribution in [0.1, 0.15) is 30.9 Å². The summed E-state index contributed by atoms with van der Waals surface area (Å²) in [4.78, 5) is 0. The Balaban J connectivity index is 1.79. The number of rotatable bonds is 4. The third-order valence-electron chi connectivity index (χ3n) is 5.64. The van der Waals surface area contributed by atoms with Crippen LogP contribution in [0.5, 0.6) is 5.75 Å². The number of methoxy groups -OCH3 is 1. The quantitative estimate of drug-likeness (QED) is 0.908. The minimum absolute atomic E-state index is 0.483. The van der Waals surface area contributed by atoms with Crippen molar-refractivity contribution in [1.82, 2.24) is 5.32 Å². The van der Waals surface area contributed by atoms with E-state index in [2.05, 4.69) is 48.8 Å². The summed E-state index contributed by atoms with van der Waals surface area (Å²) in [6.07, 6.45) is 4.30. The summed E-state index contributed by atoms with van der Waals surface area (Å²) >= 11 is 0. The van der Waals surface area contributed by atoms with Gasteiger partial charge in [-0.1, -0.05) is 36.8 Å². The highest BCUT2D eigenvalue weighted by molar-refractivity contribution is 5.91. The summed E-state index contributed by atoms with van der Waals surface area (Å²) < 4.78 is 5.53. The Kier molecular flexibility index (Phi) is 3.15. The van der Waals surface area contributed by atoms with Crippen LogP contribution < -0.4 is 10.1 Å². The summed E-state index contributed by atoms with van der Waals surface area (Å²) in [7, 11) is 3.86. The van der Waals surface area contributed by atoms with Crippen molar-refractivity contribution < 1.29 is 4.74 Å². The Hall–Kier alpha value is -1.54. The molecule has 0 aliphatic heterocycles. The van der Waals surface area contributed by atoms with Crippen LogP contribution in [0.4, 0.5) is 0 Å². The van der Waals surface area contributed by atoms with E-state index in [1.165, 1.54) is 35.6 Å². The van der Waals surface area contributed by atoms with Gasteiger partial charge in [-0.2, -0.15) is 0 Å². The molecule has 2 saturated carbocycles. The predicted molar refractivity (Wildman–Crippen MR) is 86.6 cm³/mol. The van der Waals surface area contributed by atoms with Crippen molar-refractivity contribution in [1.29, 1.82) is 0 Å². The van der Waals surface area contributed by atoms with Crippen molar-refractivity contribution in [3.63, 3.8) is 0 Å². The van der Waals surface area contributed by atoms with Gasteiger partial charge in [-0.05, 0) is 54.7 Å². The molecule has 0 heterocycles. The van der Waals surface area contributed by atoms with Gasteiger partial charge in [0, 0.05) is 11.4 Å². The summed E-state index contributed by atoms with van der Waals surface area (Å²) in [5, 5.41) is 6.16. The van der Waals surface area contributed by atoms with Gasteiger partial charge in [-0.15, -0.1) is 0 Å². The van der Waals surface area contributed by atoms with E-state index in [1.807, 2.05) is 0 Å². The molecule has 110 valence electrons. The lowest BCUT2D eigenvalue weighted by Crippen LogP contribution is -2.21. The average Bonchev–Trinajstić information content (AvgIpc) is 2.99. The second-order valence-electron chi connectivity index (χ2n) is 6.50. The van der Waals surface area contributed by atoms with E-state index >= 15 is 0 Å². The van der Waals surface area contributed by atoms with E-state index in [0.29, 0.717) is 6.04 Å². The van der Waals surface area contributed by atoms with Gasteiger partial charge in [0.15, 0.2) is 0 Å². The third-order valence-corrected chi connectivity index (χ3v) is 5.64. The van der Waals surface area contributed by atoms with E-state index in [1.54, 1.807) is 7.11 Å². The molecule has 0 saturated heterocycles. The second-order valence-corrected chi connectivity index (χ2v) is 6.50. The molecule has 3 unspecified atom stereocenters. The zero-order valence-electron chi connectivity index (χ0n) is 12.8. The first-order valence-corrected chi connectivity index (χ1v) is 8.08. The topological polar surface area (TPSA) is 21.3 Å². The van der Waals surface area contributed by atoms with Crippen molar-refractivity contribution in [2.45, 2.75) is 25.3 Å². The smallest absolute Gasteiger partial charge is 0.126 e. The van der Waals surface area contributed by atoms with Gasteiger partial charge in [0.1, 0.15) is 5.75 Å². The molecule has 2 aliphatic carbocycles. The maximum absolute atomic E-state index is 5.53. The molecule has 21 heavy (non-hydrogen) atoms. The predicted octanol–water partition coefficient (Wildman–Crippen LogP) is 4.16. The number of fused-ring (bicyclic) bond motifs is 2. The van der Waals surface area contributed by atoms with Crippen LogP contribution in [0.15, 0.2) is 36.4 Å². The molecule has 2 nitrogen and oxygen atoms in total. The molecule has 0 spiro atoms. The second kappa shape index (κ2) is 5.03. The highest BCUT2D eigenvalue weighted by atomic mass is 16.5. The normalized spacial score (nSPS) is 28.4. The summed E-state index contributed by atoms with van der Waals surface area (Å²) in [6.45, 7) is 0. The number of benzene rings is 2. The molecule has 0 amide bonds. The van der Waals surface area contributed by atoms with E-state index < -0.39 is 0 Å². The molecule has 0 radical (unpaired) electrons. The monoisotopic (exact) mass is 281 g/mol. The van der Waals surface area contributed by atoms with Gasteiger partial charge in [-0.25, -0.2) is 0 Å². The first kappa shape index (κ1) is 13.1. The molecule has 2 aromatic carbocycles. The molecular weight excluding hydrogens is 258 g/mol. The van der Waals surface area contributed by atoms with Crippen LogP contribution in [-0.2, 0) is 0 Å². The third kappa shape index (κ3) is 1.96. The van der Waals surface area contributed by atoms with E-state index in [-0.39, 0.29) is 0 Å². The summed E-state index contributed by atoms with van der Waals surface area (Å²) in [6, 6.07) is 13.5. The van der Waals surface area contributed by atoms with E-state index in [0.717, 1.165) is 23.5 Å². The molecule has 2 aromatic rings. The molecule has 2 fully saturated rings. The average molecular weight is 281 g/mol. The molecule has 2 aliphatic rings. The molecule has 1 N–H and O–H groups in total. The lowest BCUT2D eigenvalue weighted by molar-refractivity contribution is 0.418. The standard InChI is InChI=1S/C19H23NO/c1-20-19(18-14-8-5-9-15(14)18)16-10-11-17(21-2)13-7-4-3-6-12(13)16/h3-4,6-7,10-11,14-15,18-20H,5,8-9H2,1-2H3. The van der Waals surface area contributed by atoms with Crippen molar-refractivity contribution in [2.75, 3.05) is 14.2 Å². The van der Waals surface area contributed by atoms with Crippen LogP contribution in [0, 0.1) is 17.8 Å². The highest BCUT2D eigenvalue weighted by Crippen LogP contribution is 2.62. The Bertz CT molecular complexity index is 656. The van der Waals surface area contributed by atoms with Crippen molar-refractivity contribution in [3.05, 3.63) is 42.0 Å². The van der Waals surface area contributed by atoms with Crippen LogP contribution in [0.3, 0.4) is 0 Å². The summed E-state index contributed by atoms with van der Waals surface area (Å²) in [5.41, 5.74) is 1.44. The van der Waals surface area contributed by atoms with E-state index in [4.69, 9.17) is 4.74 Å². The van der Waals surface area contributed by atoms with Crippen molar-refractivity contribution in [3.8, 4) is 5.75 Å². The lowest BCUT2D eigenvalue weighted by Gasteiger charge is -2.21. The van der Waals surface area contributed by atoms with Crippen LogP contribution >= 0.6 is 0 Å². The van der Waals surface area contributed by atoms with Crippen LogP contribution in [0.2, 0.25) is 0 Å². The fraction of sp³-hybridized carbons (Fsp3) is 0.474. The fourth-order valence-corrected chi connectivity index (χ4v) is 4.67. The maximum atomic E-state index is 5.53. The molecular formula is C19H23NO. The Morgan fingerprint density at radius 3 is 2.43 bits per heavy atom. The highest BCUT2D eigenvalue weighted by Gasteiger charge is 2.55. The van der Waals surface area contributed by atoms with Gasteiger partial charge < -0.3 is 10.1 Å². The van der Waals surface area contributed by atoms with Gasteiger partial charge >= 0.3 is 0 Å². The van der Waals surface area contributed by atoms with Gasteiger partial charge in [0.05, 0.1) is 7.11 Å². The number of ether oxygens (including phenoxy) is 1. The Morgan fingerprint density at radius 2 is 1.76 bits per heavy atom. The first-order chi connectivity index (χ1) is 10.3. The van der Waals surface area contributed by atoms with Gasteiger partial charge in [0.25, 0.3) is 0 Å². The lowest BCUT2D eigenvalue weighted by atomic mass is 9.92. The van der Waals surface area contributed by atoms with Crippen LogP contribution in [-0.4, -0.2) is 14.2 Å². The number of hydrogen-bond acceptors (Lipinski definition) is 2. The first-order valence-electron chi connectivity index (χ1n) is 8.08. The van der Waals surface area contributed by atoms with Crippen LogP contribution in [0.25, 0.3) is 10.8 Å².